The maximum Gasteiger partial charge on any atom is 0.282 e. The minimum absolute atomic E-state index is 0.0210. The Morgan fingerprint density at radius 3 is 2.80 bits per heavy atom. The van der Waals surface area contributed by atoms with Gasteiger partial charge in [0.15, 0.2) is 0 Å². The summed E-state index contributed by atoms with van der Waals surface area (Å²) in [5.41, 5.74) is -0.196. The van der Waals surface area contributed by atoms with E-state index in [1.165, 1.54) is 18.2 Å². The molecule has 0 saturated carbocycles. The Kier molecular flexibility index (Phi) is 5.25. The summed E-state index contributed by atoms with van der Waals surface area (Å²) in [4.78, 5) is 22.4. The Hall–Kier alpha value is -1.27. The second kappa shape index (κ2) is 6.95. The quantitative estimate of drug-likeness (QED) is 0.684. The lowest BCUT2D eigenvalue weighted by Crippen LogP contribution is -2.31. The van der Waals surface area contributed by atoms with E-state index in [0.717, 1.165) is 24.3 Å². The molecule has 1 N–H and O–H groups in total. The van der Waals surface area contributed by atoms with Crippen molar-refractivity contribution in [3.05, 3.63) is 38.9 Å². The van der Waals surface area contributed by atoms with Gasteiger partial charge in [-0.1, -0.05) is 11.6 Å². The van der Waals surface area contributed by atoms with Crippen molar-refractivity contribution >= 4 is 35.0 Å². The molecule has 0 spiro atoms. The average molecular weight is 315 g/mol. The Bertz CT molecular complexity index is 518. The van der Waals surface area contributed by atoms with Gasteiger partial charge in [-0.05, 0) is 42.4 Å². The van der Waals surface area contributed by atoms with Crippen LogP contribution >= 0.6 is 23.4 Å². The fourth-order valence-electron chi connectivity index (χ4n) is 2.13. The maximum atomic E-state index is 12.1. The van der Waals surface area contributed by atoms with Crippen LogP contribution in [0.25, 0.3) is 0 Å². The molecule has 0 aliphatic carbocycles. The zero-order valence-electron chi connectivity index (χ0n) is 10.8. The molecule has 20 heavy (non-hydrogen) atoms. The van der Waals surface area contributed by atoms with Gasteiger partial charge in [0, 0.05) is 17.6 Å². The third kappa shape index (κ3) is 3.86. The lowest BCUT2D eigenvalue weighted by Gasteiger charge is -2.21. The predicted molar refractivity (Wildman–Crippen MR) is 80.5 cm³/mol. The second-order valence-corrected chi connectivity index (χ2v) is 6.35. The SMILES string of the molecule is O=C(NCC1CCSCC1)c1cc(Cl)ccc1[N+](=O)[O-]. The molecule has 1 saturated heterocycles. The molecule has 7 heteroatoms. The first-order valence-electron chi connectivity index (χ1n) is 6.38. The number of nitrogens with one attached hydrogen (secondary N) is 1. The fraction of sp³-hybridized carbons (Fsp3) is 0.462. The number of carbonyl (C=O) groups excluding carboxylic acids is 1. The number of nitro groups is 1. The van der Waals surface area contributed by atoms with Gasteiger partial charge in [0.05, 0.1) is 4.92 Å². The summed E-state index contributed by atoms with van der Waals surface area (Å²) < 4.78 is 0. The molecule has 0 bridgehead atoms. The highest BCUT2D eigenvalue weighted by Crippen LogP contribution is 2.24. The summed E-state index contributed by atoms with van der Waals surface area (Å²) in [6.45, 7) is 0.559. The first kappa shape index (κ1) is 15.1. The molecule has 1 aromatic carbocycles. The van der Waals surface area contributed by atoms with Crippen molar-refractivity contribution in [1.29, 1.82) is 0 Å². The summed E-state index contributed by atoms with van der Waals surface area (Å²) in [7, 11) is 0. The molecular formula is C13H15ClN2O3S. The van der Waals surface area contributed by atoms with Gasteiger partial charge in [0.25, 0.3) is 11.6 Å². The van der Waals surface area contributed by atoms with Crippen LogP contribution in [0.1, 0.15) is 23.2 Å². The molecule has 1 aliphatic heterocycles. The van der Waals surface area contributed by atoms with Gasteiger partial charge in [-0.25, -0.2) is 0 Å². The zero-order chi connectivity index (χ0) is 14.5. The van der Waals surface area contributed by atoms with Crippen molar-refractivity contribution in [1.82, 2.24) is 5.32 Å². The largest absolute Gasteiger partial charge is 0.352 e. The number of halogens is 1. The van der Waals surface area contributed by atoms with Crippen LogP contribution < -0.4 is 5.32 Å². The summed E-state index contributed by atoms with van der Waals surface area (Å²) in [5, 5.41) is 14.0. The number of hydrogen-bond acceptors (Lipinski definition) is 4. The highest BCUT2D eigenvalue weighted by atomic mass is 35.5. The van der Waals surface area contributed by atoms with Crippen LogP contribution in [0.4, 0.5) is 5.69 Å². The predicted octanol–water partition coefficient (Wildman–Crippen LogP) is 3.12. The first-order valence-corrected chi connectivity index (χ1v) is 7.91. The minimum Gasteiger partial charge on any atom is -0.352 e. The number of benzene rings is 1. The highest BCUT2D eigenvalue weighted by Gasteiger charge is 2.21. The molecule has 0 unspecified atom stereocenters. The van der Waals surface area contributed by atoms with Crippen molar-refractivity contribution in [2.75, 3.05) is 18.1 Å². The Morgan fingerprint density at radius 1 is 1.45 bits per heavy atom. The topological polar surface area (TPSA) is 72.2 Å². The molecule has 1 amide bonds. The lowest BCUT2D eigenvalue weighted by atomic mass is 10.0. The summed E-state index contributed by atoms with van der Waals surface area (Å²) >= 11 is 7.73. The van der Waals surface area contributed by atoms with Crippen molar-refractivity contribution < 1.29 is 9.72 Å². The van der Waals surface area contributed by atoms with Crippen molar-refractivity contribution in [3.8, 4) is 0 Å². The monoisotopic (exact) mass is 314 g/mol. The van der Waals surface area contributed by atoms with E-state index in [9.17, 15) is 14.9 Å². The van der Waals surface area contributed by atoms with E-state index in [1.54, 1.807) is 0 Å². The van der Waals surface area contributed by atoms with Crippen molar-refractivity contribution in [2.45, 2.75) is 12.8 Å². The van der Waals surface area contributed by atoms with Gasteiger partial charge in [-0.2, -0.15) is 11.8 Å². The van der Waals surface area contributed by atoms with Gasteiger partial charge in [0.2, 0.25) is 0 Å². The minimum atomic E-state index is -0.567. The van der Waals surface area contributed by atoms with Gasteiger partial charge >= 0.3 is 0 Å². The Labute approximate surface area is 126 Å². The van der Waals surface area contributed by atoms with E-state index >= 15 is 0 Å². The van der Waals surface area contributed by atoms with E-state index in [4.69, 9.17) is 11.6 Å². The molecular weight excluding hydrogens is 300 g/mol. The van der Waals surface area contributed by atoms with Crippen LogP contribution in [-0.2, 0) is 0 Å². The molecule has 0 aromatic heterocycles. The van der Waals surface area contributed by atoms with Crippen LogP contribution in [-0.4, -0.2) is 28.9 Å². The molecule has 1 heterocycles. The van der Waals surface area contributed by atoms with Crippen LogP contribution in [0, 0.1) is 16.0 Å². The van der Waals surface area contributed by atoms with E-state index in [1.807, 2.05) is 11.8 Å². The molecule has 2 rings (SSSR count). The molecule has 1 aromatic rings. The van der Waals surface area contributed by atoms with Crippen molar-refractivity contribution in [3.63, 3.8) is 0 Å². The fourth-order valence-corrected chi connectivity index (χ4v) is 3.51. The highest BCUT2D eigenvalue weighted by molar-refractivity contribution is 7.99. The smallest absolute Gasteiger partial charge is 0.282 e. The summed E-state index contributed by atoms with van der Waals surface area (Å²) in [6.07, 6.45) is 2.14. The number of carbonyl (C=O) groups is 1. The normalized spacial score (nSPS) is 15.8. The van der Waals surface area contributed by atoms with Crippen LogP contribution in [0.5, 0.6) is 0 Å². The third-order valence-corrected chi connectivity index (χ3v) is 4.58. The molecule has 0 atom stereocenters. The number of nitrogens with zero attached hydrogens (tertiary/aromatic N) is 1. The average Bonchev–Trinajstić information content (AvgIpc) is 2.45. The van der Waals surface area contributed by atoms with Crippen molar-refractivity contribution in [2.24, 2.45) is 5.92 Å². The third-order valence-electron chi connectivity index (χ3n) is 3.29. The van der Waals surface area contributed by atoms with E-state index < -0.39 is 10.8 Å². The van der Waals surface area contributed by atoms with Gasteiger partial charge in [-0.3, -0.25) is 14.9 Å². The van der Waals surface area contributed by atoms with Crippen LogP contribution in [0.2, 0.25) is 5.02 Å². The number of rotatable bonds is 4. The molecule has 0 radical (unpaired) electrons. The number of nitro benzene ring substituents is 1. The number of hydrogen-bond donors (Lipinski definition) is 1. The van der Waals surface area contributed by atoms with E-state index in [0.29, 0.717) is 17.5 Å². The Morgan fingerprint density at radius 2 is 2.15 bits per heavy atom. The molecule has 1 aliphatic rings. The zero-order valence-corrected chi connectivity index (χ0v) is 12.4. The second-order valence-electron chi connectivity index (χ2n) is 4.68. The Balaban J connectivity index is 2.04. The lowest BCUT2D eigenvalue weighted by molar-refractivity contribution is -0.385. The van der Waals surface area contributed by atoms with Crippen LogP contribution in [0.15, 0.2) is 18.2 Å². The molecule has 1 fully saturated rings. The van der Waals surface area contributed by atoms with E-state index in [2.05, 4.69) is 5.32 Å². The first-order chi connectivity index (χ1) is 9.58. The van der Waals surface area contributed by atoms with Gasteiger partial charge in [0.1, 0.15) is 5.56 Å². The number of thioether (sulfide) groups is 1. The maximum absolute atomic E-state index is 12.1. The number of amides is 1. The summed E-state index contributed by atoms with van der Waals surface area (Å²) in [5.74, 6) is 2.24. The molecule has 5 nitrogen and oxygen atoms in total. The molecule has 108 valence electrons. The van der Waals surface area contributed by atoms with Gasteiger partial charge < -0.3 is 5.32 Å². The van der Waals surface area contributed by atoms with Gasteiger partial charge in [-0.15, -0.1) is 0 Å². The summed E-state index contributed by atoms with van der Waals surface area (Å²) in [6, 6.07) is 4.01. The standard InChI is InChI=1S/C13H15ClN2O3S/c14-10-1-2-12(16(18)19)11(7-10)13(17)15-8-9-3-5-20-6-4-9/h1-2,7,9H,3-6,8H2,(H,15,17). The van der Waals surface area contributed by atoms with Crippen LogP contribution in [0.3, 0.4) is 0 Å². The van der Waals surface area contributed by atoms with E-state index in [-0.39, 0.29) is 11.3 Å².